The van der Waals surface area contributed by atoms with Crippen molar-refractivity contribution in [1.29, 1.82) is 0 Å². The Kier molecular flexibility index (Phi) is 4.92. The molecule has 0 amide bonds. The van der Waals surface area contributed by atoms with Gasteiger partial charge in [-0.15, -0.1) is 0 Å². The van der Waals surface area contributed by atoms with Gasteiger partial charge in [-0.1, -0.05) is 29.8 Å². The first-order valence-corrected chi connectivity index (χ1v) is 8.39. The first-order chi connectivity index (χ1) is 9.41. The minimum absolute atomic E-state index is 0.160. The van der Waals surface area contributed by atoms with Crippen LogP contribution < -0.4 is 4.74 Å². The van der Waals surface area contributed by atoms with E-state index in [1.807, 2.05) is 19.1 Å². The zero-order valence-electron chi connectivity index (χ0n) is 12.0. The molecule has 1 atom stereocenters. The Bertz CT molecular complexity index is 529. The standard InChI is InChI=1S/C15H19Br2NO2/c1-4-18(5-2)8-15(3)9-20-13-11(14(15)19)6-10(16)7-12(13)17/h6-7H,4-5,8-9H2,1-3H3/t15-/m0/s1. The molecule has 0 saturated heterocycles. The van der Waals surface area contributed by atoms with Crippen molar-refractivity contribution >= 4 is 37.6 Å². The zero-order valence-corrected chi connectivity index (χ0v) is 15.2. The Morgan fingerprint density at radius 1 is 1.30 bits per heavy atom. The number of ketones is 1. The minimum Gasteiger partial charge on any atom is -0.491 e. The Labute approximate surface area is 136 Å². The van der Waals surface area contributed by atoms with Gasteiger partial charge in [0, 0.05) is 11.0 Å². The summed E-state index contributed by atoms with van der Waals surface area (Å²) in [4.78, 5) is 15.1. The lowest BCUT2D eigenvalue weighted by Gasteiger charge is -2.37. The van der Waals surface area contributed by atoms with E-state index in [4.69, 9.17) is 4.74 Å². The number of halogens is 2. The van der Waals surface area contributed by atoms with Gasteiger partial charge in [0.25, 0.3) is 0 Å². The summed E-state index contributed by atoms with van der Waals surface area (Å²) in [6.07, 6.45) is 0. The molecule has 1 aromatic rings. The summed E-state index contributed by atoms with van der Waals surface area (Å²) < 4.78 is 7.57. The SMILES string of the molecule is CCN(CC)C[C@@]1(C)COc2c(Br)cc(Br)cc2C1=O. The summed E-state index contributed by atoms with van der Waals surface area (Å²) in [6.45, 7) is 9.25. The number of fused-ring (bicyclic) bond motifs is 1. The first-order valence-electron chi connectivity index (χ1n) is 6.80. The summed E-state index contributed by atoms with van der Waals surface area (Å²) in [5.41, 5.74) is 0.173. The lowest BCUT2D eigenvalue weighted by atomic mass is 9.80. The molecule has 20 heavy (non-hydrogen) atoms. The molecular formula is C15H19Br2NO2. The molecule has 1 aromatic carbocycles. The third kappa shape index (κ3) is 2.95. The average molecular weight is 405 g/mol. The quantitative estimate of drug-likeness (QED) is 0.755. The lowest BCUT2D eigenvalue weighted by Crippen LogP contribution is -2.47. The lowest BCUT2D eigenvalue weighted by molar-refractivity contribution is 0.0534. The van der Waals surface area contributed by atoms with Gasteiger partial charge in [0.1, 0.15) is 12.4 Å². The second kappa shape index (κ2) is 6.16. The highest BCUT2D eigenvalue weighted by atomic mass is 79.9. The number of carbonyl (C=O) groups excluding carboxylic acids is 1. The van der Waals surface area contributed by atoms with Crippen LogP contribution in [0.4, 0.5) is 0 Å². The van der Waals surface area contributed by atoms with Gasteiger partial charge in [0.2, 0.25) is 0 Å². The van der Waals surface area contributed by atoms with Crippen LogP contribution in [0, 0.1) is 5.41 Å². The highest BCUT2D eigenvalue weighted by Crippen LogP contribution is 2.41. The summed E-state index contributed by atoms with van der Waals surface area (Å²) in [6, 6.07) is 3.75. The number of ether oxygens (including phenoxy) is 1. The van der Waals surface area contributed by atoms with Crippen LogP contribution in [0.15, 0.2) is 21.1 Å². The number of Topliss-reactive ketones (excluding diaryl/α,β-unsaturated/α-hetero) is 1. The molecule has 2 rings (SSSR count). The molecule has 5 heteroatoms. The molecule has 0 unspecified atom stereocenters. The maximum Gasteiger partial charge on any atom is 0.177 e. The van der Waals surface area contributed by atoms with Gasteiger partial charge in [-0.25, -0.2) is 0 Å². The molecule has 3 nitrogen and oxygen atoms in total. The number of nitrogens with zero attached hydrogens (tertiary/aromatic N) is 1. The summed E-state index contributed by atoms with van der Waals surface area (Å²) >= 11 is 6.89. The molecule has 0 aliphatic carbocycles. The van der Waals surface area contributed by atoms with Gasteiger partial charge in [-0.05, 0) is 48.1 Å². The fourth-order valence-electron chi connectivity index (χ4n) is 2.56. The maximum atomic E-state index is 12.9. The van der Waals surface area contributed by atoms with Crippen molar-refractivity contribution in [2.75, 3.05) is 26.2 Å². The van der Waals surface area contributed by atoms with Gasteiger partial charge in [-0.3, -0.25) is 4.79 Å². The molecule has 0 aromatic heterocycles. The Hall–Kier alpha value is -0.390. The van der Waals surface area contributed by atoms with Crippen molar-refractivity contribution in [1.82, 2.24) is 4.90 Å². The van der Waals surface area contributed by atoms with E-state index >= 15 is 0 Å². The van der Waals surface area contributed by atoms with E-state index in [1.165, 1.54) is 0 Å². The van der Waals surface area contributed by atoms with Gasteiger partial charge in [0.15, 0.2) is 5.78 Å². The van der Waals surface area contributed by atoms with Crippen LogP contribution in [0.1, 0.15) is 31.1 Å². The molecule has 0 N–H and O–H groups in total. The van der Waals surface area contributed by atoms with Crippen LogP contribution in [-0.2, 0) is 0 Å². The third-order valence-corrected chi connectivity index (χ3v) is 4.85. The normalized spacial score (nSPS) is 21.8. The largest absolute Gasteiger partial charge is 0.491 e. The zero-order chi connectivity index (χ0) is 14.9. The minimum atomic E-state index is -0.487. The van der Waals surface area contributed by atoms with Crippen molar-refractivity contribution in [3.8, 4) is 5.75 Å². The predicted molar refractivity (Wildman–Crippen MR) is 87.6 cm³/mol. The second-order valence-corrected chi connectivity index (χ2v) is 7.17. The van der Waals surface area contributed by atoms with E-state index in [-0.39, 0.29) is 5.78 Å². The van der Waals surface area contributed by atoms with Crippen molar-refractivity contribution in [2.45, 2.75) is 20.8 Å². The van der Waals surface area contributed by atoms with E-state index in [2.05, 4.69) is 50.6 Å². The van der Waals surface area contributed by atoms with Crippen LogP contribution in [0.3, 0.4) is 0 Å². The smallest absolute Gasteiger partial charge is 0.177 e. The highest BCUT2D eigenvalue weighted by molar-refractivity contribution is 9.11. The fourth-order valence-corrected chi connectivity index (χ4v) is 3.90. The fraction of sp³-hybridized carbons (Fsp3) is 0.533. The number of hydrogen-bond acceptors (Lipinski definition) is 3. The second-order valence-electron chi connectivity index (χ2n) is 5.40. The van der Waals surface area contributed by atoms with Crippen molar-refractivity contribution in [2.24, 2.45) is 5.41 Å². The summed E-state index contributed by atoms with van der Waals surface area (Å²) in [5.74, 6) is 0.822. The number of carbonyl (C=O) groups is 1. The van der Waals surface area contributed by atoms with Crippen LogP contribution >= 0.6 is 31.9 Å². The van der Waals surface area contributed by atoms with E-state index in [0.717, 1.165) is 28.6 Å². The monoisotopic (exact) mass is 403 g/mol. The van der Waals surface area contributed by atoms with Gasteiger partial charge in [0.05, 0.1) is 15.5 Å². The van der Waals surface area contributed by atoms with E-state index in [9.17, 15) is 4.79 Å². The van der Waals surface area contributed by atoms with Crippen molar-refractivity contribution < 1.29 is 9.53 Å². The maximum absolute atomic E-state index is 12.9. The Morgan fingerprint density at radius 3 is 2.55 bits per heavy atom. The first kappa shape index (κ1) is 16.0. The number of hydrogen-bond donors (Lipinski definition) is 0. The third-order valence-electron chi connectivity index (χ3n) is 3.80. The molecule has 0 radical (unpaired) electrons. The van der Waals surface area contributed by atoms with E-state index in [1.54, 1.807) is 0 Å². The van der Waals surface area contributed by atoms with Gasteiger partial charge >= 0.3 is 0 Å². The van der Waals surface area contributed by atoms with Crippen LogP contribution in [0.25, 0.3) is 0 Å². The topological polar surface area (TPSA) is 29.5 Å². The molecule has 1 aliphatic rings. The molecule has 0 saturated carbocycles. The molecule has 110 valence electrons. The predicted octanol–water partition coefficient (Wildman–Crippen LogP) is 4.13. The molecule has 0 spiro atoms. The number of rotatable bonds is 4. The Morgan fingerprint density at radius 2 is 1.95 bits per heavy atom. The van der Waals surface area contributed by atoms with Crippen molar-refractivity contribution in [3.63, 3.8) is 0 Å². The molecule has 1 aliphatic heterocycles. The highest BCUT2D eigenvalue weighted by Gasteiger charge is 2.41. The summed E-state index contributed by atoms with van der Waals surface area (Å²) in [5, 5.41) is 0. The van der Waals surface area contributed by atoms with E-state index < -0.39 is 5.41 Å². The average Bonchev–Trinajstić information content (AvgIpc) is 2.41. The van der Waals surface area contributed by atoms with E-state index in [0.29, 0.717) is 17.9 Å². The van der Waals surface area contributed by atoms with Crippen LogP contribution in [0.5, 0.6) is 5.75 Å². The number of benzene rings is 1. The molecule has 0 bridgehead atoms. The van der Waals surface area contributed by atoms with Crippen LogP contribution in [-0.4, -0.2) is 36.9 Å². The van der Waals surface area contributed by atoms with Gasteiger partial charge < -0.3 is 9.64 Å². The Balaban J connectivity index is 2.35. The molecule has 1 heterocycles. The van der Waals surface area contributed by atoms with Crippen LogP contribution in [0.2, 0.25) is 0 Å². The summed E-state index contributed by atoms with van der Waals surface area (Å²) in [7, 11) is 0. The molecule has 0 fully saturated rings. The van der Waals surface area contributed by atoms with Crippen molar-refractivity contribution in [3.05, 3.63) is 26.6 Å². The van der Waals surface area contributed by atoms with Gasteiger partial charge in [-0.2, -0.15) is 0 Å². The molecular weight excluding hydrogens is 386 g/mol.